The first-order valence-corrected chi connectivity index (χ1v) is 9.62. The number of nitrogens with zero attached hydrogens (tertiary/aromatic N) is 2. The van der Waals surface area contributed by atoms with E-state index in [0.717, 1.165) is 0 Å². The van der Waals surface area contributed by atoms with Gasteiger partial charge in [-0.05, 0) is 43.5 Å². The Kier molecular flexibility index (Phi) is 4.74. The number of nitrogens with one attached hydrogen (secondary N) is 2. The van der Waals surface area contributed by atoms with Gasteiger partial charge in [0.2, 0.25) is 0 Å². The van der Waals surface area contributed by atoms with E-state index in [9.17, 15) is 9.59 Å². The number of aromatic nitrogens is 2. The molecule has 0 bridgehead atoms. The molecule has 0 saturated heterocycles. The summed E-state index contributed by atoms with van der Waals surface area (Å²) in [6, 6.07) is 8.58. The first-order valence-electron chi connectivity index (χ1n) is 8.39. The molecule has 0 aliphatic carbocycles. The van der Waals surface area contributed by atoms with Gasteiger partial charge in [0.1, 0.15) is 10.8 Å². The molecule has 8 nitrogen and oxygen atoms in total. The molecule has 0 saturated carbocycles. The molecule has 142 valence electrons. The second-order valence-corrected chi connectivity index (χ2v) is 6.79. The van der Waals surface area contributed by atoms with E-state index < -0.39 is 0 Å². The SMILES string of the molecule is CSc1nc(-c2ccco2)nc(C)c1C(=O)Nc1ccc2c(c1)NC(=O)CO2. The molecule has 0 atom stereocenters. The average molecular weight is 396 g/mol. The molecule has 1 aliphatic heterocycles. The lowest BCUT2D eigenvalue weighted by Crippen LogP contribution is -2.25. The topological polar surface area (TPSA) is 106 Å². The number of amides is 2. The number of aryl methyl sites for hydroxylation is 1. The third-order valence-corrected chi connectivity index (χ3v) is 4.77. The third kappa shape index (κ3) is 3.44. The van der Waals surface area contributed by atoms with Crippen LogP contribution >= 0.6 is 11.8 Å². The van der Waals surface area contributed by atoms with Gasteiger partial charge in [-0.3, -0.25) is 9.59 Å². The van der Waals surface area contributed by atoms with Crippen LogP contribution in [0.2, 0.25) is 0 Å². The highest BCUT2D eigenvalue weighted by Gasteiger charge is 2.21. The van der Waals surface area contributed by atoms with Crippen molar-refractivity contribution >= 4 is 35.0 Å². The van der Waals surface area contributed by atoms with Gasteiger partial charge < -0.3 is 19.8 Å². The van der Waals surface area contributed by atoms with E-state index in [1.165, 1.54) is 11.8 Å². The van der Waals surface area contributed by atoms with Crippen LogP contribution in [-0.4, -0.2) is 34.6 Å². The van der Waals surface area contributed by atoms with Crippen LogP contribution in [0.4, 0.5) is 11.4 Å². The second-order valence-electron chi connectivity index (χ2n) is 6.00. The Morgan fingerprint density at radius 2 is 2.14 bits per heavy atom. The molecule has 0 spiro atoms. The molecule has 9 heteroatoms. The Bertz CT molecular complexity index is 1070. The maximum atomic E-state index is 12.9. The van der Waals surface area contributed by atoms with E-state index in [1.54, 1.807) is 43.5 Å². The summed E-state index contributed by atoms with van der Waals surface area (Å²) < 4.78 is 10.7. The minimum atomic E-state index is -0.337. The van der Waals surface area contributed by atoms with Crippen molar-refractivity contribution in [2.45, 2.75) is 11.9 Å². The Balaban J connectivity index is 1.63. The lowest BCUT2D eigenvalue weighted by atomic mass is 10.2. The predicted octanol–water partition coefficient (Wildman–Crippen LogP) is 3.35. The van der Waals surface area contributed by atoms with Gasteiger partial charge in [-0.25, -0.2) is 9.97 Å². The molecular formula is C19H16N4O4S. The van der Waals surface area contributed by atoms with Gasteiger partial charge in [-0.2, -0.15) is 0 Å². The molecule has 0 radical (unpaired) electrons. The van der Waals surface area contributed by atoms with Crippen molar-refractivity contribution in [2.24, 2.45) is 0 Å². The van der Waals surface area contributed by atoms with Crippen LogP contribution < -0.4 is 15.4 Å². The zero-order valence-electron chi connectivity index (χ0n) is 15.1. The van der Waals surface area contributed by atoms with Crippen molar-refractivity contribution in [2.75, 3.05) is 23.5 Å². The van der Waals surface area contributed by atoms with E-state index in [-0.39, 0.29) is 18.4 Å². The first kappa shape index (κ1) is 18.1. The maximum Gasteiger partial charge on any atom is 0.262 e. The van der Waals surface area contributed by atoms with Gasteiger partial charge in [0.05, 0.1) is 23.2 Å². The van der Waals surface area contributed by atoms with Crippen LogP contribution in [0.3, 0.4) is 0 Å². The largest absolute Gasteiger partial charge is 0.482 e. The van der Waals surface area contributed by atoms with Crippen LogP contribution in [0.5, 0.6) is 5.75 Å². The van der Waals surface area contributed by atoms with Gasteiger partial charge >= 0.3 is 0 Å². The van der Waals surface area contributed by atoms with E-state index in [1.807, 2.05) is 6.26 Å². The number of hydrogen-bond donors (Lipinski definition) is 2. The molecular weight excluding hydrogens is 380 g/mol. The quantitative estimate of drug-likeness (QED) is 0.514. The third-order valence-electron chi connectivity index (χ3n) is 4.09. The van der Waals surface area contributed by atoms with Crippen LogP contribution in [0.1, 0.15) is 16.1 Å². The highest BCUT2D eigenvalue weighted by molar-refractivity contribution is 7.98. The minimum absolute atomic E-state index is 0.0195. The summed E-state index contributed by atoms with van der Waals surface area (Å²) in [5.41, 5.74) is 1.97. The number of hydrogen-bond acceptors (Lipinski definition) is 7. The molecule has 28 heavy (non-hydrogen) atoms. The molecule has 2 aromatic heterocycles. The molecule has 0 fully saturated rings. The fourth-order valence-electron chi connectivity index (χ4n) is 2.83. The Hall–Kier alpha value is -3.33. The van der Waals surface area contributed by atoms with Crippen molar-refractivity contribution in [3.05, 3.63) is 47.9 Å². The number of benzene rings is 1. The standard InChI is InChI=1S/C19H16N4O4S/c1-10-16(19(28-2)23-17(20-10)14-4-3-7-26-14)18(25)21-11-5-6-13-12(8-11)22-15(24)9-27-13/h3-8H,9H2,1-2H3,(H,21,25)(H,22,24). The second kappa shape index (κ2) is 7.35. The van der Waals surface area contributed by atoms with Gasteiger partial charge in [0, 0.05) is 5.69 Å². The smallest absolute Gasteiger partial charge is 0.262 e. The lowest BCUT2D eigenvalue weighted by molar-refractivity contribution is -0.118. The van der Waals surface area contributed by atoms with Crippen LogP contribution in [0, 0.1) is 6.92 Å². The number of furan rings is 1. The van der Waals surface area contributed by atoms with E-state index >= 15 is 0 Å². The van der Waals surface area contributed by atoms with Crippen molar-refractivity contribution in [3.8, 4) is 17.3 Å². The highest BCUT2D eigenvalue weighted by atomic mass is 32.2. The summed E-state index contributed by atoms with van der Waals surface area (Å²) in [7, 11) is 0. The molecule has 2 amide bonds. The van der Waals surface area contributed by atoms with Crippen molar-refractivity contribution < 1.29 is 18.7 Å². The summed E-state index contributed by atoms with van der Waals surface area (Å²) >= 11 is 1.35. The fourth-order valence-corrected chi connectivity index (χ4v) is 3.45. The molecule has 1 aliphatic rings. The number of carbonyl (C=O) groups excluding carboxylic acids is 2. The van der Waals surface area contributed by atoms with Gasteiger partial charge in [-0.15, -0.1) is 11.8 Å². The van der Waals surface area contributed by atoms with Crippen molar-refractivity contribution in [1.82, 2.24) is 9.97 Å². The van der Waals surface area contributed by atoms with E-state index in [2.05, 4.69) is 20.6 Å². The zero-order valence-corrected chi connectivity index (χ0v) is 15.9. The summed E-state index contributed by atoms with van der Waals surface area (Å²) in [4.78, 5) is 33.3. The molecule has 4 rings (SSSR count). The summed E-state index contributed by atoms with van der Waals surface area (Å²) in [5, 5.41) is 6.09. The summed E-state index contributed by atoms with van der Waals surface area (Å²) in [5.74, 6) is 0.951. The number of carbonyl (C=O) groups is 2. The number of rotatable bonds is 4. The van der Waals surface area contributed by atoms with Gasteiger partial charge in [0.25, 0.3) is 11.8 Å². The Labute approximate surface area is 164 Å². The molecule has 3 aromatic rings. The maximum absolute atomic E-state index is 12.9. The minimum Gasteiger partial charge on any atom is -0.482 e. The summed E-state index contributed by atoms with van der Waals surface area (Å²) in [6.07, 6.45) is 3.39. The fraction of sp³-hybridized carbons (Fsp3) is 0.158. The van der Waals surface area contributed by atoms with Gasteiger partial charge in [-0.1, -0.05) is 0 Å². The first-order chi connectivity index (χ1) is 13.5. The van der Waals surface area contributed by atoms with Crippen molar-refractivity contribution in [1.29, 1.82) is 0 Å². The monoisotopic (exact) mass is 396 g/mol. The highest BCUT2D eigenvalue weighted by Crippen LogP contribution is 2.31. The normalized spacial score (nSPS) is 12.7. The van der Waals surface area contributed by atoms with Crippen LogP contribution in [0.25, 0.3) is 11.6 Å². The zero-order chi connectivity index (χ0) is 19.7. The Morgan fingerprint density at radius 3 is 2.89 bits per heavy atom. The lowest BCUT2D eigenvalue weighted by Gasteiger charge is -2.19. The predicted molar refractivity (Wildman–Crippen MR) is 105 cm³/mol. The van der Waals surface area contributed by atoms with E-state index in [4.69, 9.17) is 9.15 Å². The number of ether oxygens (including phenoxy) is 1. The molecule has 3 heterocycles. The number of fused-ring (bicyclic) bond motifs is 1. The van der Waals surface area contributed by atoms with Crippen LogP contribution in [0.15, 0.2) is 46.0 Å². The molecule has 2 N–H and O–H groups in total. The van der Waals surface area contributed by atoms with Gasteiger partial charge in [0.15, 0.2) is 18.2 Å². The van der Waals surface area contributed by atoms with Crippen LogP contribution in [-0.2, 0) is 4.79 Å². The number of anilines is 2. The molecule has 1 aromatic carbocycles. The molecule has 0 unspecified atom stereocenters. The number of thioether (sulfide) groups is 1. The summed E-state index contributed by atoms with van der Waals surface area (Å²) in [6.45, 7) is 1.73. The van der Waals surface area contributed by atoms with Crippen molar-refractivity contribution in [3.63, 3.8) is 0 Å². The Morgan fingerprint density at radius 1 is 1.29 bits per heavy atom. The average Bonchev–Trinajstić information content (AvgIpc) is 3.21. The van der Waals surface area contributed by atoms with E-state index in [0.29, 0.717) is 45.0 Å².